The molecule has 2 unspecified atom stereocenters. The lowest BCUT2D eigenvalue weighted by atomic mass is 9.82. The van der Waals surface area contributed by atoms with Crippen molar-refractivity contribution in [3.8, 4) is 11.8 Å². The van der Waals surface area contributed by atoms with Gasteiger partial charge in [-0.05, 0) is 81.9 Å². The highest BCUT2D eigenvalue weighted by Crippen LogP contribution is 2.42. The molecule has 1 aromatic heterocycles. The number of aliphatic imine (C=N–C) groups is 1. The summed E-state index contributed by atoms with van der Waals surface area (Å²) < 4.78 is 127. The maximum atomic E-state index is 14.6. The Balaban J connectivity index is 1.28. The number of hydrogen-bond acceptors (Lipinski definition) is 15. The van der Waals surface area contributed by atoms with Gasteiger partial charge in [-0.2, -0.15) is 35.1 Å². The molecule has 0 spiro atoms. The summed E-state index contributed by atoms with van der Waals surface area (Å²) in [5.74, 6) is 3.74. The number of anilines is 1. The summed E-state index contributed by atoms with van der Waals surface area (Å²) in [5, 5.41) is 19.2. The third-order valence-corrected chi connectivity index (χ3v) is 14.2. The van der Waals surface area contributed by atoms with Gasteiger partial charge in [-0.15, -0.1) is 0 Å². The first-order valence-corrected chi connectivity index (χ1v) is 24.9. The second kappa shape index (κ2) is 25.8. The van der Waals surface area contributed by atoms with Crippen molar-refractivity contribution >= 4 is 41.9 Å². The Morgan fingerprint density at radius 1 is 0.797 bits per heavy atom. The number of fused-ring (bicyclic) bond motifs is 2. The molecule has 0 radical (unpaired) electrons. The van der Waals surface area contributed by atoms with Crippen molar-refractivity contribution < 1.29 is 73.6 Å². The number of hydrogen-bond donors (Lipinski definition) is 6. The van der Waals surface area contributed by atoms with Crippen molar-refractivity contribution in [3.63, 3.8) is 0 Å². The summed E-state index contributed by atoms with van der Waals surface area (Å²) in [6.07, 6.45) is -7.95. The van der Waals surface area contributed by atoms with Gasteiger partial charge < -0.3 is 45.9 Å². The van der Waals surface area contributed by atoms with E-state index in [1.807, 2.05) is 10.6 Å². The van der Waals surface area contributed by atoms with Gasteiger partial charge in [0, 0.05) is 68.1 Å². The number of piperazine rings is 1. The number of alkyl halides is 8. The number of alkyl carbamates (subject to hydrolysis) is 2. The van der Waals surface area contributed by atoms with Crippen LogP contribution in [0, 0.1) is 22.7 Å². The summed E-state index contributed by atoms with van der Waals surface area (Å²) in [6, 6.07) is 6.95. The van der Waals surface area contributed by atoms with Crippen LogP contribution >= 0.6 is 0 Å². The minimum atomic E-state index is -5.11. The second-order valence-corrected chi connectivity index (χ2v) is 20.4. The van der Waals surface area contributed by atoms with Gasteiger partial charge in [-0.3, -0.25) is 19.9 Å². The molecule has 0 saturated carbocycles. The molecule has 19 nitrogen and oxygen atoms in total. The predicted molar refractivity (Wildman–Crippen MR) is 272 cm³/mol. The van der Waals surface area contributed by atoms with E-state index in [1.165, 1.54) is 24.3 Å². The summed E-state index contributed by atoms with van der Waals surface area (Å²) in [7, 11) is 1.72. The molecule has 3 aliphatic heterocycles. The lowest BCUT2D eigenvalue weighted by Crippen LogP contribution is -2.63. The number of aromatic nitrogens is 2. The van der Waals surface area contributed by atoms with E-state index in [0.29, 0.717) is 74.0 Å². The summed E-state index contributed by atoms with van der Waals surface area (Å²) in [5.41, 5.74) is 4.36. The van der Waals surface area contributed by atoms with Crippen LogP contribution in [-0.2, 0) is 36.8 Å². The summed E-state index contributed by atoms with van der Waals surface area (Å²) >= 11 is 0. The molecule has 79 heavy (non-hydrogen) atoms. The standard InChI is InChI=1S/C52H63F8N11O8/c1-49(2,51(55,56)57)41(66-47(75)77-5)43(73)65-39(21-31-10-7-30(8-11-31)9-12-33-22-63-46(64-23-33)69-25-35-17-18-36(26-69)71(35)37-28-79-29-37)40(72)27-70(24-32-13-15-34(16-14-32)38(61)19-20-62-45(53)54)68-44(74)42(67-48(76)78-6)50(3,4)52(58,59)60/h7-8,10-11,13-16,19-20,22-23,35-37,39-42,45,72H,17-18,21,24-29,61H2,1-6H3,(H,65,73)(H,66,75)(H,67,76)(H,68,74)/t35?,36?,39-,40-,41+,42+/m0/s1. The zero-order valence-electron chi connectivity index (χ0n) is 44.0. The lowest BCUT2D eigenvalue weighted by molar-refractivity contribution is -0.221. The smallest absolute Gasteiger partial charge is 0.407 e. The zero-order chi connectivity index (χ0) is 58.0. The van der Waals surface area contributed by atoms with Crippen molar-refractivity contribution in [2.45, 2.75) is 115 Å². The molecule has 2 aromatic carbocycles. The van der Waals surface area contributed by atoms with E-state index in [9.17, 15) is 59.4 Å². The molecule has 3 fully saturated rings. The monoisotopic (exact) mass is 1120 g/mol. The number of aliphatic hydroxyl groups is 1. The average molecular weight is 1120 g/mol. The number of methoxy groups -OCH3 is 2. The molecular formula is C52H63F8N11O8. The average Bonchev–Trinajstić information content (AvgIpc) is 3.75. The van der Waals surface area contributed by atoms with Crippen LogP contribution in [0.3, 0.4) is 0 Å². The Hall–Kier alpha value is -7.15. The molecular weight excluding hydrogens is 1060 g/mol. The highest BCUT2D eigenvalue weighted by molar-refractivity contribution is 5.87. The van der Waals surface area contributed by atoms with Crippen LogP contribution in [0.25, 0.3) is 5.70 Å². The van der Waals surface area contributed by atoms with Crippen molar-refractivity contribution in [3.05, 3.63) is 94.8 Å². The summed E-state index contributed by atoms with van der Waals surface area (Å²) in [6.45, 7) is 1.47. The molecule has 3 saturated heterocycles. The minimum Gasteiger partial charge on any atom is -0.453 e. The van der Waals surface area contributed by atoms with Crippen LogP contribution in [-0.4, -0.2) is 164 Å². The number of rotatable bonds is 20. The van der Waals surface area contributed by atoms with E-state index in [-0.39, 0.29) is 17.7 Å². The molecule has 4 amide bonds. The number of nitrogens with one attached hydrogen (secondary N) is 4. The first-order valence-electron chi connectivity index (χ1n) is 24.9. The number of aliphatic hydroxyl groups excluding tert-OH is 1. The number of carbonyl (C=O) groups excluding carboxylic acids is 4. The van der Waals surface area contributed by atoms with Crippen LogP contribution < -0.4 is 32.0 Å². The van der Waals surface area contributed by atoms with Crippen LogP contribution in [0.2, 0.25) is 0 Å². The van der Waals surface area contributed by atoms with Crippen molar-refractivity contribution in [2.75, 3.05) is 52.0 Å². The van der Waals surface area contributed by atoms with Crippen LogP contribution in [0.1, 0.15) is 68.4 Å². The Bertz CT molecular complexity index is 2700. The van der Waals surface area contributed by atoms with Crippen LogP contribution in [0.4, 0.5) is 50.7 Å². The summed E-state index contributed by atoms with van der Waals surface area (Å²) in [4.78, 5) is 69.7. The Morgan fingerprint density at radius 3 is 1.81 bits per heavy atom. The number of amides is 4. The van der Waals surface area contributed by atoms with Crippen molar-refractivity contribution in [2.24, 2.45) is 21.6 Å². The number of nitrogens with two attached hydrogens (primary N) is 1. The number of benzene rings is 2. The largest absolute Gasteiger partial charge is 0.453 e. The van der Waals surface area contributed by atoms with Gasteiger partial charge in [0.15, 0.2) is 0 Å². The fourth-order valence-corrected chi connectivity index (χ4v) is 9.17. The second-order valence-electron chi connectivity index (χ2n) is 20.4. The SMILES string of the molecule is COC(=O)N[C@H](C(=O)N[C@@H](Cc1ccc(C#Cc2cnc(N3CC4CCC(C3)N4C3COC3)nc2)cc1)[C@@H](O)CN(Cc1ccc(C(N)=CC=NC(F)F)cc1)NC(=O)[C@@H](NC(=O)OC)C(C)(C)C(F)(F)F)C(C)(C)C(F)(F)F. The van der Waals surface area contributed by atoms with Gasteiger partial charge in [0.1, 0.15) is 12.1 Å². The van der Waals surface area contributed by atoms with Gasteiger partial charge in [0.2, 0.25) is 11.9 Å². The van der Waals surface area contributed by atoms with Gasteiger partial charge in [-0.25, -0.2) is 29.6 Å². The van der Waals surface area contributed by atoms with Gasteiger partial charge in [0.25, 0.3) is 5.91 Å². The third-order valence-electron chi connectivity index (χ3n) is 14.2. The van der Waals surface area contributed by atoms with Crippen molar-refractivity contribution in [1.29, 1.82) is 0 Å². The van der Waals surface area contributed by atoms with E-state index in [1.54, 1.807) is 36.7 Å². The number of halogens is 8. The Labute approximate surface area is 450 Å². The molecule has 3 aliphatic rings. The van der Waals surface area contributed by atoms with Gasteiger partial charge in [0.05, 0.1) is 62.0 Å². The maximum Gasteiger partial charge on any atom is 0.407 e. The minimum absolute atomic E-state index is 0.00120. The lowest BCUT2D eigenvalue weighted by Gasteiger charge is -2.47. The van der Waals surface area contributed by atoms with Crippen LogP contribution in [0.5, 0.6) is 0 Å². The fourth-order valence-electron chi connectivity index (χ4n) is 9.17. The molecule has 2 bridgehead atoms. The first kappa shape index (κ1) is 61.1. The molecule has 4 heterocycles. The molecule has 0 aliphatic carbocycles. The van der Waals surface area contributed by atoms with E-state index in [2.05, 4.69) is 56.8 Å². The molecule has 3 aromatic rings. The number of hydrazine groups is 1. The van der Waals surface area contributed by atoms with Crippen molar-refractivity contribution in [1.82, 2.24) is 41.3 Å². The number of nitrogens with zero attached hydrogens (tertiary/aromatic N) is 6. The Kier molecular flexibility index (Phi) is 19.9. The molecule has 6 atom stereocenters. The highest BCUT2D eigenvalue weighted by Gasteiger charge is 2.57. The molecule has 7 N–H and O–H groups in total. The predicted octanol–water partition coefficient (Wildman–Crippen LogP) is 5.07. The molecule has 27 heteroatoms. The van der Waals surface area contributed by atoms with E-state index in [4.69, 9.17) is 10.5 Å². The third kappa shape index (κ3) is 15.6. The van der Waals surface area contributed by atoms with E-state index >= 15 is 0 Å². The van der Waals surface area contributed by atoms with Gasteiger partial charge in [-0.1, -0.05) is 48.2 Å². The zero-order valence-corrected chi connectivity index (χ0v) is 44.0. The fraction of sp³-hybridized carbons (Fsp3) is 0.519. The van der Waals surface area contributed by atoms with Gasteiger partial charge >= 0.3 is 31.1 Å². The van der Waals surface area contributed by atoms with E-state index in [0.717, 1.165) is 70.7 Å². The number of ether oxygens (including phenoxy) is 3. The van der Waals surface area contributed by atoms with E-state index < -0.39 is 91.1 Å². The highest BCUT2D eigenvalue weighted by atomic mass is 19.4. The normalized spacial score (nSPS) is 18.9. The molecule has 430 valence electrons. The number of allylic oxidation sites excluding steroid dienone is 1. The molecule has 6 rings (SSSR count). The topological polar surface area (TPSA) is 238 Å². The number of carbonyl (C=O) groups is 4. The Morgan fingerprint density at radius 2 is 1.32 bits per heavy atom. The first-order chi connectivity index (χ1) is 37.1. The maximum absolute atomic E-state index is 14.6. The quantitative estimate of drug-likeness (QED) is 0.0285. The van der Waals surface area contributed by atoms with Crippen LogP contribution in [0.15, 0.2) is 72.0 Å².